The summed E-state index contributed by atoms with van der Waals surface area (Å²) in [6, 6.07) is 17.7. The van der Waals surface area contributed by atoms with Crippen LogP contribution >= 0.6 is 0 Å². The Hall–Kier alpha value is -3.12. The van der Waals surface area contributed by atoms with Gasteiger partial charge in [-0.25, -0.2) is 12.7 Å². The van der Waals surface area contributed by atoms with E-state index in [0.29, 0.717) is 17.1 Å². The molecule has 2 aromatic carbocycles. The van der Waals surface area contributed by atoms with Crippen LogP contribution < -0.4 is 9.04 Å². The third-order valence-electron chi connectivity index (χ3n) is 4.30. The number of fused-ring (bicyclic) bond motifs is 1. The highest BCUT2D eigenvalue weighted by Crippen LogP contribution is 2.39. The molecule has 1 aliphatic rings. The lowest BCUT2D eigenvalue weighted by molar-refractivity contribution is 0.342. The van der Waals surface area contributed by atoms with E-state index in [-0.39, 0.29) is 11.5 Å². The molecule has 27 heavy (non-hydrogen) atoms. The van der Waals surface area contributed by atoms with Gasteiger partial charge in [0.25, 0.3) is 10.0 Å². The van der Waals surface area contributed by atoms with Crippen molar-refractivity contribution in [2.45, 2.75) is 11.8 Å². The molecule has 1 aromatic heterocycles. The number of ether oxygens (including phenoxy) is 1. The molecular weight excluding hydrogens is 360 g/mol. The van der Waals surface area contributed by atoms with Crippen LogP contribution in [0.25, 0.3) is 6.08 Å². The van der Waals surface area contributed by atoms with Gasteiger partial charge in [0.1, 0.15) is 12.4 Å². The average Bonchev–Trinajstić information content (AvgIpc) is 2.69. The number of hydrogen-bond donors (Lipinski definition) is 0. The van der Waals surface area contributed by atoms with Crippen molar-refractivity contribution in [2.75, 3.05) is 10.9 Å². The van der Waals surface area contributed by atoms with Crippen LogP contribution in [0.5, 0.6) is 5.75 Å². The molecule has 0 aliphatic carbocycles. The number of aryl methyl sites for hydroxylation is 1. The summed E-state index contributed by atoms with van der Waals surface area (Å²) >= 11 is 0. The van der Waals surface area contributed by atoms with E-state index in [4.69, 9.17) is 4.74 Å². The van der Waals surface area contributed by atoms with Crippen molar-refractivity contribution >= 4 is 21.8 Å². The van der Waals surface area contributed by atoms with Crippen molar-refractivity contribution in [3.05, 3.63) is 89.9 Å². The van der Waals surface area contributed by atoms with E-state index >= 15 is 0 Å². The number of nitrogens with zero attached hydrogens (tertiary/aromatic N) is 2. The van der Waals surface area contributed by atoms with Gasteiger partial charge in [0, 0.05) is 12.4 Å². The Bertz CT molecular complexity index is 1090. The Kier molecular flexibility index (Phi) is 4.41. The largest absolute Gasteiger partial charge is 0.485 e. The zero-order valence-electron chi connectivity index (χ0n) is 14.7. The van der Waals surface area contributed by atoms with Crippen molar-refractivity contribution < 1.29 is 13.2 Å². The summed E-state index contributed by atoms with van der Waals surface area (Å²) in [5.41, 5.74) is 2.84. The lowest BCUT2D eigenvalue weighted by Crippen LogP contribution is -2.36. The number of benzene rings is 2. The summed E-state index contributed by atoms with van der Waals surface area (Å²) in [5, 5.41) is 0. The average molecular weight is 378 g/mol. The van der Waals surface area contributed by atoms with Crippen LogP contribution in [0, 0.1) is 6.92 Å². The first kappa shape index (κ1) is 17.3. The first-order valence-electron chi connectivity index (χ1n) is 8.50. The highest BCUT2D eigenvalue weighted by molar-refractivity contribution is 7.93. The summed E-state index contributed by atoms with van der Waals surface area (Å²) in [5.74, 6) is 0.538. The standard InChI is InChI=1S/C21H18N2O3S/c1-16-8-10-19(11-9-16)27(24,25)23-18(13-17-5-4-12-22-14-17)15-26-21-7-3-2-6-20(21)23/h2-14H,15H2,1H3/b18-13+. The Morgan fingerprint density at radius 3 is 2.56 bits per heavy atom. The number of rotatable bonds is 3. The van der Waals surface area contributed by atoms with Gasteiger partial charge in [-0.1, -0.05) is 35.9 Å². The van der Waals surface area contributed by atoms with Crippen molar-refractivity contribution in [3.63, 3.8) is 0 Å². The maximum Gasteiger partial charge on any atom is 0.268 e. The molecule has 1 aliphatic heterocycles. The molecule has 4 rings (SSSR count). The highest BCUT2D eigenvalue weighted by Gasteiger charge is 2.33. The van der Waals surface area contributed by atoms with Gasteiger partial charge in [0.15, 0.2) is 0 Å². The summed E-state index contributed by atoms with van der Waals surface area (Å²) in [4.78, 5) is 4.33. The Labute approximate surface area is 158 Å². The second-order valence-electron chi connectivity index (χ2n) is 6.26. The molecule has 0 amide bonds. The van der Waals surface area contributed by atoms with Gasteiger partial charge in [-0.15, -0.1) is 0 Å². The van der Waals surface area contributed by atoms with Crippen molar-refractivity contribution in [3.8, 4) is 5.75 Å². The minimum absolute atomic E-state index is 0.150. The Morgan fingerprint density at radius 2 is 1.81 bits per heavy atom. The molecule has 3 aromatic rings. The van der Waals surface area contributed by atoms with Gasteiger partial charge in [-0.3, -0.25) is 4.98 Å². The molecule has 5 nitrogen and oxygen atoms in total. The predicted molar refractivity (Wildman–Crippen MR) is 105 cm³/mol. The van der Waals surface area contributed by atoms with Gasteiger partial charge < -0.3 is 4.74 Å². The molecule has 0 saturated carbocycles. The van der Waals surface area contributed by atoms with E-state index in [1.54, 1.807) is 60.9 Å². The minimum atomic E-state index is -3.80. The molecule has 0 bridgehead atoms. The number of hydrogen-bond acceptors (Lipinski definition) is 4. The molecular formula is C21H18N2O3S. The molecule has 6 heteroatoms. The zero-order valence-corrected chi connectivity index (χ0v) is 15.6. The summed E-state index contributed by atoms with van der Waals surface area (Å²) in [7, 11) is -3.80. The highest BCUT2D eigenvalue weighted by atomic mass is 32.2. The van der Waals surface area contributed by atoms with Crippen LogP contribution in [0.2, 0.25) is 0 Å². The fraction of sp³-hybridized carbons (Fsp3) is 0.0952. The van der Waals surface area contributed by atoms with Crippen LogP contribution in [0.1, 0.15) is 11.1 Å². The van der Waals surface area contributed by atoms with Crippen LogP contribution in [0.4, 0.5) is 5.69 Å². The number of sulfonamides is 1. The Morgan fingerprint density at radius 1 is 1.04 bits per heavy atom. The van der Waals surface area contributed by atoms with Gasteiger partial charge in [0.2, 0.25) is 0 Å². The molecule has 0 spiro atoms. The monoisotopic (exact) mass is 378 g/mol. The van der Waals surface area contributed by atoms with E-state index in [9.17, 15) is 8.42 Å². The minimum Gasteiger partial charge on any atom is -0.485 e. The lowest BCUT2D eigenvalue weighted by Gasteiger charge is -2.32. The van der Waals surface area contributed by atoms with Crippen LogP contribution in [0.3, 0.4) is 0 Å². The second kappa shape index (κ2) is 6.89. The second-order valence-corrected chi connectivity index (χ2v) is 8.05. The third-order valence-corrected chi connectivity index (χ3v) is 6.08. The first-order valence-corrected chi connectivity index (χ1v) is 9.94. The van der Waals surface area contributed by atoms with E-state index < -0.39 is 10.0 Å². The van der Waals surface area contributed by atoms with E-state index in [0.717, 1.165) is 11.1 Å². The first-order chi connectivity index (χ1) is 13.1. The number of aromatic nitrogens is 1. The van der Waals surface area contributed by atoms with Crippen molar-refractivity contribution in [2.24, 2.45) is 0 Å². The smallest absolute Gasteiger partial charge is 0.268 e. The van der Waals surface area contributed by atoms with Gasteiger partial charge in [-0.05, 0) is 48.9 Å². The fourth-order valence-electron chi connectivity index (χ4n) is 2.97. The van der Waals surface area contributed by atoms with Gasteiger partial charge in [0.05, 0.1) is 16.3 Å². The number of anilines is 1. The number of para-hydroxylation sites is 2. The van der Waals surface area contributed by atoms with Crippen molar-refractivity contribution in [1.29, 1.82) is 0 Å². The van der Waals surface area contributed by atoms with Crippen LogP contribution in [-0.2, 0) is 10.0 Å². The maximum absolute atomic E-state index is 13.5. The van der Waals surface area contributed by atoms with Crippen LogP contribution in [-0.4, -0.2) is 20.0 Å². The summed E-state index contributed by atoms with van der Waals surface area (Å²) in [6.45, 7) is 2.07. The summed E-state index contributed by atoms with van der Waals surface area (Å²) in [6.07, 6.45) is 5.15. The van der Waals surface area contributed by atoms with E-state index in [1.165, 1.54) is 4.31 Å². The van der Waals surface area contributed by atoms with E-state index in [2.05, 4.69) is 4.98 Å². The normalized spacial score (nSPS) is 15.3. The topological polar surface area (TPSA) is 59.5 Å². The molecule has 0 N–H and O–H groups in total. The third kappa shape index (κ3) is 3.31. The summed E-state index contributed by atoms with van der Waals surface area (Å²) < 4.78 is 34.1. The molecule has 136 valence electrons. The molecule has 2 heterocycles. The predicted octanol–water partition coefficient (Wildman–Crippen LogP) is 4.02. The molecule has 0 unspecified atom stereocenters. The Balaban J connectivity index is 1.88. The molecule has 0 saturated heterocycles. The van der Waals surface area contributed by atoms with Crippen molar-refractivity contribution in [1.82, 2.24) is 4.98 Å². The molecule has 0 radical (unpaired) electrons. The van der Waals surface area contributed by atoms with Gasteiger partial charge >= 0.3 is 0 Å². The maximum atomic E-state index is 13.5. The zero-order chi connectivity index (χ0) is 18.9. The lowest BCUT2D eigenvalue weighted by atomic mass is 10.2. The molecule has 0 atom stereocenters. The van der Waals surface area contributed by atoms with Gasteiger partial charge in [-0.2, -0.15) is 0 Å². The quantitative estimate of drug-likeness (QED) is 0.691. The van der Waals surface area contributed by atoms with Crippen LogP contribution in [0.15, 0.2) is 83.6 Å². The SMILES string of the molecule is Cc1ccc(S(=O)(=O)N2/C(=C/c3cccnc3)COc3ccccc32)cc1. The fourth-order valence-corrected chi connectivity index (χ4v) is 4.48. The van der Waals surface area contributed by atoms with E-state index in [1.807, 2.05) is 25.1 Å². The molecule has 0 fully saturated rings. The number of pyridine rings is 1.